The smallest absolute Gasteiger partial charge is 0.0683 e. The number of likely N-dealkylation sites (tertiary alicyclic amines) is 1. The third-order valence-electron chi connectivity index (χ3n) is 4.95. The summed E-state index contributed by atoms with van der Waals surface area (Å²) in [5.41, 5.74) is 0.850. The van der Waals surface area contributed by atoms with Gasteiger partial charge >= 0.3 is 0 Å². The summed E-state index contributed by atoms with van der Waals surface area (Å²) in [6.45, 7) is 15.1. The second-order valence-electron chi connectivity index (χ2n) is 7.12. The van der Waals surface area contributed by atoms with Gasteiger partial charge in [-0.15, -0.1) is 0 Å². The first kappa shape index (κ1) is 13.4. The minimum absolute atomic E-state index is 0.362. The topological polar surface area (TPSA) is 12.5 Å². The fourth-order valence-corrected chi connectivity index (χ4v) is 3.93. The van der Waals surface area contributed by atoms with Gasteiger partial charge in [-0.3, -0.25) is 4.90 Å². The van der Waals surface area contributed by atoms with Crippen LogP contribution in [0.3, 0.4) is 0 Å². The van der Waals surface area contributed by atoms with Crippen LogP contribution in [-0.2, 0) is 4.74 Å². The van der Waals surface area contributed by atoms with E-state index < -0.39 is 0 Å². The number of hydrogen-bond donors (Lipinski definition) is 0. The van der Waals surface area contributed by atoms with E-state index in [4.69, 9.17) is 4.74 Å². The maximum atomic E-state index is 5.56. The van der Waals surface area contributed by atoms with Crippen LogP contribution in [0.1, 0.15) is 53.9 Å². The molecule has 0 saturated carbocycles. The van der Waals surface area contributed by atoms with Gasteiger partial charge in [-0.2, -0.15) is 0 Å². The quantitative estimate of drug-likeness (QED) is 0.733. The molecule has 0 aromatic heterocycles. The zero-order chi connectivity index (χ0) is 12.7. The van der Waals surface area contributed by atoms with E-state index in [1.807, 2.05) is 0 Å². The van der Waals surface area contributed by atoms with Gasteiger partial charge in [-0.1, -0.05) is 20.8 Å². The van der Waals surface area contributed by atoms with Crippen molar-refractivity contribution in [3.05, 3.63) is 0 Å². The first-order valence-electron chi connectivity index (χ1n) is 7.25. The second-order valence-corrected chi connectivity index (χ2v) is 7.12. The molecule has 2 heterocycles. The maximum absolute atomic E-state index is 5.56. The highest BCUT2D eigenvalue weighted by atomic mass is 16.5. The lowest BCUT2D eigenvalue weighted by Gasteiger charge is -2.52. The largest absolute Gasteiger partial charge is 0.377 e. The van der Waals surface area contributed by atoms with Gasteiger partial charge in [-0.05, 0) is 44.4 Å². The zero-order valence-corrected chi connectivity index (χ0v) is 12.3. The summed E-state index contributed by atoms with van der Waals surface area (Å²) in [4.78, 5) is 2.74. The molecule has 0 radical (unpaired) electrons. The Kier molecular flexibility index (Phi) is 3.57. The average molecular weight is 239 g/mol. The van der Waals surface area contributed by atoms with Crippen LogP contribution in [0.25, 0.3) is 0 Å². The van der Waals surface area contributed by atoms with E-state index in [2.05, 4.69) is 39.5 Å². The van der Waals surface area contributed by atoms with Crippen LogP contribution in [0.4, 0.5) is 0 Å². The van der Waals surface area contributed by atoms with Gasteiger partial charge in [0.05, 0.1) is 18.8 Å². The molecular formula is C15H29NO. The van der Waals surface area contributed by atoms with Gasteiger partial charge in [0, 0.05) is 12.6 Å². The third-order valence-corrected chi connectivity index (χ3v) is 4.95. The van der Waals surface area contributed by atoms with E-state index >= 15 is 0 Å². The predicted molar refractivity (Wildman–Crippen MR) is 72.2 cm³/mol. The van der Waals surface area contributed by atoms with Crippen molar-refractivity contribution in [3.8, 4) is 0 Å². The lowest BCUT2D eigenvalue weighted by Crippen LogP contribution is -2.65. The first-order chi connectivity index (χ1) is 7.91. The zero-order valence-electron chi connectivity index (χ0n) is 12.3. The third kappa shape index (κ3) is 2.39. The first-order valence-corrected chi connectivity index (χ1v) is 7.25. The fourth-order valence-electron chi connectivity index (χ4n) is 3.93. The Bertz CT molecular complexity index is 272. The number of rotatable bonds is 2. The molecule has 17 heavy (non-hydrogen) atoms. The molecule has 0 bridgehead atoms. The van der Waals surface area contributed by atoms with Gasteiger partial charge in [-0.25, -0.2) is 0 Å². The molecule has 0 aromatic rings. The van der Waals surface area contributed by atoms with Crippen molar-refractivity contribution in [1.82, 2.24) is 4.90 Å². The lowest BCUT2D eigenvalue weighted by molar-refractivity contribution is -0.158. The van der Waals surface area contributed by atoms with E-state index in [0.717, 1.165) is 19.1 Å². The van der Waals surface area contributed by atoms with Crippen LogP contribution in [0.5, 0.6) is 0 Å². The Hall–Kier alpha value is -0.0800. The Morgan fingerprint density at radius 3 is 2.35 bits per heavy atom. The molecule has 2 aliphatic heterocycles. The number of nitrogens with zero attached hydrogens (tertiary/aromatic N) is 1. The average Bonchev–Trinajstić information content (AvgIpc) is 2.32. The molecular weight excluding hydrogens is 210 g/mol. The molecule has 100 valence electrons. The summed E-state index contributed by atoms with van der Waals surface area (Å²) in [5.74, 6) is 0.826. The van der Waals surface area contributed by atoms with Crippen molar-refractivity contribution in [2.45, 2.75) is 65.5 Å². The minimum atomic E-state index is 0.362. The van der Waals surface area contributed by atoms with Gasteiger partial charge in [0.15, 0.2) is 0 Å². The fraction of sp³-hybridized carbons (Fsp3) is 1.00. The van der Waals surface area contributed by atoms with Gasteiger partial charge < -0.3 is 4.74 Å². The highest BCUT2D eigenvalue weighted by Crippen LogP contribution is 2.44. The summed E-state index contributed by atoms with van der Waals surface area (Å²) >= 11 is 0. The molecule has 2 heteroatoms. The van der Waals surface area contributed by atoms with Crippen molar-refractivity contribution in [2.75, 3.05) is 19.8 Å². The van der Waals surface area contributed by atoms with Crippen molar-refractivity contribution >= 4 is 0 Å². The molecule has 2 nitrogen and oxygen atoms in total. The maximum Gasteiger partial charge on any atom is 0.0683 e. The Morgan fingerprint density at radius 2 is 1.94 bits per heavy atom. The summed E-state index contributed by atoms with van der Waals surface area (Å²) in [6, 6.07) is 0.634. The summed E-state index contributed by atoms with van der Waals surface area (Å²) in [7, 11) is 0. The van der Waals surface area contributed by atoms with Crippen LogP contribution < -0.4 is 0 Å². The molecule has 0 aliphatic carbocycles. The lowest BCUT2D eigenvalue weighted by atomic mass is 9.78. The molecule has 0 N–H and O–H groups in total. The standard InChI is InChI=1S/C15H29NO/c1-6-14(5)7-13(4)8-15(10-17-11-15)16(9-14)12(2)3/h12-13H,6-11H2,1-5H3. The SMILES string of the molecule is CCC1(C)CC(C)CC2(COC2)N(C(C)C)C1. The summed E-state index contributed by atoms with van der Waals surface area (Å²) in [6.07, 6.45) is 3.98. The van der Waals surface area contributed by atoms with Crippen LogP contribution >= 0.6 is 0 Å². The number of hydrogen-bond acceptors (Lipinski definition) is 2. The van der Waals surface area contributed by atoms with Crippen LogP contribution in [0.2, 0.25) is 0 Å². The molecule has 1 spiro atoms. The molecule has 0 amide bonds. The van der Waals surface area contributed by atoms with Crippen molar-refractivity contribution in [2.24, 2.45) is 11.3 Å². The van der Waals surface area contributed by atoms with Crippen LogP contribution in [0.15, 0.2) is 0 Å². The molecule has 2 atom stereocenters. The summed E-state index contributed by atoms with van der Waals surface area (Å²) < 4.78 is 5.56. The van der Waals surface area contributed by atoms with Crippen molar-refractivity contribution in [3.63, 3.8) is 0 Å². The Balaban J connectivity index is 2.24. The monoisotopic (exact) mass is 239 g/mol. The molecule has 2 aliphatic rings. The van der Waals surface area contributed by atoms with Crippen molar-refractivity contribution in [1.29, 1.82) is 0 Å². The minimum Gasteiger partial charge on any atom is -0.377 e. The van der Waals surface area contributed by atoms with E-state index in [1.165, 1.54) is 25.8 Å². The molecule has 2 unspecified atom stereocenters. The second kappa shape index (κ2) is 4.55. The van der Waals surface area contributed by atoms with E-state index in [9.17, 15) is 0 Å². The van der Waals surface area contributed by atoms with Gasteiger partial charge in [0.2, 0.25) is 0 Å². The number of ether oxygens (including phenoxy) is 1. The Labute approximate surface area is 107 Å². The summed E-state index contributed by atoms with van der Waals surface area (Å²) in [5, 5.41) is 0. The highest BCUT2D eigenvalue weighted by Gasteiger charge is 2.50. The molecule has 2 fully saturated rings. The van der Waals surface area contributed by atoms with Crippen molar-refractivity contribution < 1.29 is 4.74 Å². The highest BCUT2D eigenvalue weighted by molar-refractivity contribution is 5.03. The Morgan fingerprint density at radius 1 is 1.29 bits per heavy atom. The van der Waals surface area contributed by atoms with Crippen LogP contribution in [0, 0.1) is 11.3 Å². The van der Waals surface area contributed by atoms with Gasteiger partial charge in [0.25, 0.3) is 0 Å². The van der Waals surface area contributed by atoms with Gasteiger partial charge in [0.1, 0.15) is 0 Å². The van der Waals surface area contributed by atoms with E-state index in [-0.39, 0.29) is 0 Å². The van der Waals surface area contributed by atoms with Crippen LogP contribution in [-0.4, -0.2) is 36.2 Å². The normalized spacial score (nSPS) is 38.1. The predicted octanol–water partition coefficient (Wildman–Crippen LogP) is 3.31. The molecule has 2 rings (SSSR count). The molecule has 0 aromatic carbocycles. The molecule has 2 saturated heterocycles. The van der Waals surface area contributed by atoms with E-state index in [1.54, 1.807) is 0 Å². The van der Waals surface area contributed by atoms with E-state index in [0.29, 0.717) is 17.0 Å².